The highest BCUT2D eigenvalue weighted by atomic mass is 19.2. The van der Waals surface area contributed by atoms with E-state index in [0.717, 1.165) is 18.1 Å². The number of ether oxygens (including phenoxy) is 1. The molecule has 0 radical (unpaired) electrons. The van der Waals surface area contributed by atoms with Crippen LogP contribution in [0.1, 0.15) is 22.8 Å². The molecule has 0 saturated heterocycles. The molecule has 0 aliphatic heterocycles. The number of rotatable bonds is 8. The van der Waals surface area contributed by atoms with Crippen molar-refractivity contribution in [3.05, 3.63) is 65.0 Å². The van der Waals surface area contributed by atoms with Gasteiger partial charge in [-0.05, 0) is 30.2 Å². The lowest BCUT2D eigenvalue weighted by atomic mass is 10.1. The summed E-state index contributed by atoms with van der Waals surface area (Å²) in [4.78, 5) is 23.5. The van der Waals surface area contributed by atoms with Crippen molar-refractivity contribution in [1.82, 2.24) is 10.6 Å². The summed E-state index contributed by atoms with van der Waals surface area (Å²) in [6, 6.07) is 8.87. The SMILES string of the molecule is CCc1ccccc1OCC(=O)NCCNC(=O)c1ccc(F)c(F)c1F. The van der Waals surface area contributed by atoms with Crippen LogP contribution in [0, 0.1) is 17.5 Å². The van der Waals surface area contributed by atoms with Gasteiger partial charge in [0.1, 0.15) is 5.75 Å². The van der Waals surface area contributed by atoms with E-state index in [-0.39, 0.29) is 19.7 Å². The average molecular weight is 380 g/mol. The Kier molecular flexibility index (Phi) is 7.22. The molecule has 0 aliphatic carbocycles. The van der Waals surface area contributed by atoms with Crippen LogP contribution in [0.2, 0.25) is 0 Å². The minimum Gasteiger partial charge on any atom is -0.483 e. The van der Waals surface area contributed by atoms with Crippen LogP contribution in [0.5, 0.6) is 5.75 Å². The zero-order valence-corrected chi connectivity index (χ0v) is 14.7. The number of hydrogen-bond acceptors (Lipinski definition) is 3. The zero-order chi connectivity index (χ0) is 19.8. The lowest BCUT2D eigenvalue weighted by molar-refractivity contribution is -0.123. The van der Waals surface area contributed by atoms with Crippen LogP contribution in [0.25, 0.3) is 0 Å². The lowest BCUT2D eigenvalue weighted by Crippen LogP contribution is -2.37. The van der Waals surface area contributed by atoms with E-state index >= 15 is 0 Å². The standard InChI is InChI=1S/C19H19F3N2O3/c1-2-12-5-3-4-6-15(12)27-11-16(25)23-9-10-24-19(26)13-7-8-14(20)18(22)17(13)21/h3-8H,2,9-11H2,1H3,(H,23,25)(H,24,26). The van der Waals surface area contributed by atoms with Crippen molar-refractivity contribution in [3.8, 4) is 5.75 Å². The molecular formula is C19H19F3N2O3. The van der Waals surface area contributed by atoms with Crippen LogP contribution < -0.4 is 15.4 Å². The summed E-state index contributed by atoms with van der Waals surface area (Å²) >= 11 is 0. The Morgan fingerprint density at radius 2 is 1.67 bits per heavy atom. The van der Waals surface area contributed by atoms with E-state index in [1.54, 1.807) is 12.1 Å². The van der Waals surface area contributed by atoms with Gasteiger partial charge in [0.25, 0.3) is 11.8 Å². The Bertz CT molecular complexity index is 828. The Hall–Kier alpha value is -3.03. The third-order valence-electron chi connectivity index (χ3n) is 3.72. The summed E-state index contributed by atoms with van der Waals surface area (Å²) in [5, 5.41) is 4.84. The molecule has 0 heterocycles. The molecule has 2 rings (SSSR count). The fraction of sp³-hybridized carbons (Fsp3) is 0.263. The van der Waals surface area contributed by atoms with E-state index in [4.69, 9.17) is 4.74 Å². The summed E-state index contributed by atoms with van der Waals surface area (Å²) in [7, 11) is 0. The number of carbonyl (C=O) groups excluding carboxylic acids is 2. The molecule has 0 bridgehead atoms. The quantitative estimate of drug-likeness (QED) is 0.547. The van der Waals surface area contributed by atoms with Gasteiger partial charge in [-0.1, -0.05) is 25.1 Å². The van der Waals surface area contributed by atoms with Crippen molar-refractivity contribution in [3.63, 3.8) is 0 Å². The molecule has 0 aromatic heterocycles. The summed E-state index contributed by atoms with van der Waals surface area (Å²) < 4.78 is 44.9. The van der Waals surface area contributed by atoms with Gasteiger partial charge in [0.2, 0.25) is 0 Å². The highest BCUT2D eigenvalue weighted by Crippen LogP contribution is 2.18. The smallest absolute Gasteiger partial charge is 0.258 e. The topological polar surface area (TPSA) is 67.4 Å². The van der Waals surface area contributed by atoms with Crippen LogP contribution in [-0.2, 0) is 11.2 Å². The highest BCUT2D eigenvalue weighted by molar-refractivity contribution is 5.94. The van der Waals surface area contributed by atoms with Gasteiger partial charge < -0.3 is 15.4 Å². The molecule has 2 aromatic rings. The van der Waals surface area contributed by atoms with Crippen molar-refractivity contribution >= 4 is 11.8 Å². The molecule has 5 nitrogen and oxygen atoms in total. The van der Waals surface area contributed by atoms with Crippen molar-refractivity contribution in [2.75, 3.05) is 19.7 Å². The maximum absolute atomic E-state index is 13.5. The van der Waals surface area contributed by atoms with Gasteiger partial charge in [-0.25, -0.2) is 13.2 Å². The molecule has 8 heteroatoms. The lowest BCUT2D eigenvalue weighted by Gasteiger charge is -2.11. The van der Waals surface area contributed by atoms with E-state index in [0.29, 0.717) is 11.8 Å². The fourth-order valence-corrected chi connectivity index (χ4v) is 2.31. The molecule has 0 aliphatic rings. The number of carbonyl (C=O) groups is 2. The van der Waals surface area contributed by atoms with Crippen LogP contribution in [0.3, 0.4) is 0 Å². The van der Waals surface area contributed by atoms with E-state index in [1.807, 2.05) is 19.1 Å². The Morgan fingerprint density at radius 1 is 0.963 bits per heavy atom. The van der Waals surface area contributed by atoms with Gasteiger partial charge in [0, 0.05) is 13.1 Å². The summed E-state index contributed by atoms with van der Waals surface area (Å²) in [5.74, 6) is -5.32. The predicted molar refractivity (Wildman–Crippen MR) is 93.0 cm³/mol. The number of benzene rings is 2. The summed E-state index contributed by atoms with van der Waals surface area (Å²) in [5.41, 5.74) is 0.367. The Morgan fingerprint density at radius 3 is 2.41 bits per heavy atom. The number of amides is 2. The van der Waals surface area contributed by atoms with E-state index in [9.17, 15) is 22.8 Å². The molecule has 2 amide bonds. The first-order chi connectivity index (χ1) is 12.9. The molecule has 2 N–H and O–H groups in total. The first-order valence-corrected chi connectivity index (χ1v) is 8.33. The third kappa shape index (κ3) is 5.47. The fourth-order valence-electron chi connectivity index (χ4n) is 2.31. The van der Waals surface area contributed by atoms with E-state index < -0.39 is 34.8 Å². The molecule has 0 atom stereocenters. The van der Waals surface area contributed by atoms with Gasteiger partial charge in [-0.3, -0.25) is 9.59 Å². The van der Waals surface area contributed by atoms with Crippen molar-refractivity contribution < 1.29 is 27.5 Å². The molecule has 0 unspecified atom stereocenters. The number of nitrogens with one attached hydrogen (secondary N) is 2. The van der Waals surface area contributed by atoms with Crippen molar-refractivity contribution in [1.29, 1.82) is 0 Å². The zero-order valence-electron chi connectivity index (χ0n) is 14.7. The number of hydrogen-bond donors (Lipinski definition) is 2. The Labute approximate surface area is 154 Å². The van der Waals surface area contributed by atoms with Crippen molar-refractivity contribution in [2.45, 2.75) is 13.3 Å². The number of para-hydroxylation sites is 1. The first kappa shape index (κ1) is 20.3. The molecule has 0 fully saturated rings. The first-order valence-electron chi connectivity index (χ1n) is 8.33. The minimum atomic E-state index is -1.71. The van der Waals surface area contributed by atoms with E-state index in [2.05, 4.69) is 10.6 Å². The van der Waals surface area contributed by atoms with Gasteiger partial charge in [-0.2, -0.15) is 0 Å². The molecule has 0 spiro atoms. The molecule has 27 heavy (non-hydrogen) atoms. The van der Waals surface area contributed by atoms with E-state index in [1.165, 1.54) is 0 Å². The van der Waals surface area contributed by atoms with Crippen LogP contribution in [0.15, 0.2) is 36.4 Å². The van der Waals surface area contributed by atoms with Crippen LogP contribution in [0.4, 0.5) is 13.2 Å². The normalized spacial score (nSPS) is 10.4. The summed E-state index contributed by atoms with van der Waals surface area (Å²) in [6.07, 6.45) is 0.768. The molecule has 0 saturated carbocycles. The third-order valence-corrected chi connectivity index (χ3v) is 3.72. The van der Waals surface area contributed by atoms with Gasteiger partial charge >= 0.3 is 0 Å². The number of halogens is 3. The summed E-state index contributed by atoms with van der Waals surface area (Å²) in [6.45, 7) is 1.83. The second-order valence-electron chi connectivity index (χ2n) is 5.58. The average Bonchev–Trinajstić information content (AvgIpc) is 2.68. The van der Waals surface area contributed by atoms with Gasteiger partial charge in [0.15, 0.2) is 24.1 Å². The van der Waals surface area contributed by atoms with Crippen LogP contribution in [-0.4, -0.2) is 31.5 Å². The highest BCUT2D eigenvalue weighted by Gasteiger charge is 2.18. The minimum absolute atomic E-state index is 0.0193. The second-order valence-corrected chi connectivity index (χ2v) is 5.58. The van der Waals surface area contributed by atoms with Gasteiger partial charge in [-0.15, -0.1) is 0 Å². The van der Waals surface area contributed by atoms with Crippen molar-refractivity contribution in [2.24, 2.45) is 0 Å². The molecular weight excluding hydrogens is 361 g/mol. The molecule has 2 aromatic carbocycles. The largest absolute Gasteiger partial charge is 0.483 e. The second kappa shape index (κ2) is 9.61. The number of aryl methyl sites for hydroxylation is 1. The Balaban J connectivity index is 1.74. The van der Waals surface area contributed by atoms with Gasteiger partial charge in [0.05, 0.1) is 5.56 Å². The monoisotopic (exact) mass is 380 g/mol. The molecule has 144 valence electrons. The predicted octanol–water partition coefficient (Wildman–Crippen LogP) is 2.59. The van der Waals surface area contributed by atoms with Crippen LogP contribution >= 0.6 is 0 Å². The maximum atomic E-state index is 13.5. The maximum Gasteiger partial charge on any atom is 0.258 e.